The van der Waals surface area contributed by atoms with Crippen molar-refractivity contribution in [3.63, 3.8) is 0 Å². The molecule has 22 heavy (non-hydrogen) atoms. The molecule has 1 rings (SSSR count). The third-order valence-corrected chi connectivity index (χ3v) is 2.44. The number of aliphatic hydroxyl groups is 1. The summed E-state index contributed by atoms with van der Waals surface area (Å²) in [5.41, 5.74) is 2.37. The van der Waals surface area contributed by atoms with Crippen molar-refractivity contribution in [2.24, 2.45) is 0 Å². The smallest absolute Gasteiger partial charge is 0.408 e. The Morgan fingerprint density at radius 2 is 1.86 bits per heavy atom. The highest BCUT2D eigenvalue weighted by Crippen LogP contribution is 2.06. The number of aliphatic hydroxyl groups excluding tert-OH is 1. The van der Waals surface area contributed by atoms with Crippen LogP contribution in [0, 0.1) is 0 Å². The van der Waals surface area contributed by atoms with Gasteiger partial charge in [0.05, 0.1) is 13.2 Å². The Morgan fingerprint density at radius 3 is 2.41 bits per heavy atom. The summed E-state index contributed by atoms with van der Waals surface area (Å²) in [7, 11) is 0. The summed E-state index contributed by atoms with van der Waals surface area (Å²) < 4.78 is 5.01. The quantitative estimate of drug-likeness (QED) is 0.684. The van der Waals surface area contributed by atoms with E-state index in [2.05, 4.69) is 10.8 Å². The van der Waals surface area contributed by atoms with Crippen molar-refractivity contribution in [3.05, 3.63) is 35.9 Å². The number of carbonyl (C=O) groups is 2. The Balaban J connectivity index is 2.39. The zero-order chi connectivity index (χ0) is 16.6. The lowest BCUT2D eigenvalue weighted by molar-refractivity contribution is -0.137. The Bertz CT molecular complexity index is 484. The lowest BCUT2D eigenvalue weighted by Crippen LogP contribution is -2.50. The van der Waals surface area contributed by atoms with Gasteiger partial charge in [0.15, 0.2) is 0 Å². The van der Waals surface area contributed by atoms with Crippen LogP contribution in [0.4, 0.5) is 4.79 Å². The molecule has 0 aliphatic rings. The number of hydrogen-bond acceptors (Lipinski definition) is 5. The fourth-order valence-electron chi connectivity index (χ4n) is 1.48. The van der Waals surface area contributed by atoms with Crippen molar-refractivity contribution in [2.45, 2.75) is 39.0 Å². The fourth-order valence-corrected chi connectivity index (χ4v) is 1.48. The van der Waals surface area contributed by atoms with Gasteiger partial charge in [-0.3, -0.25) is 9.63 Å². The molecule has 1 aromatic carbocycles. The van der Waals surface area contributed by atoms with Crippen LogP contribution in [0.25, 0.3) is 0 Å². The van der Waals surface area contributed by atoms with E-state index in [-0.39, 0.29) is 6.61 Å². The van der Waals surface area contributed by atoms with E-state index in [0.717, 1.165) is 5.56 Å². The van der Waals surface area contributed by atoms with Crippen molar-refractivity contribution in [2.75, 3.05) is 6.61 Å². The summed E-state index contributed by atoms with van der Waals surface area (Å²) in [5.74, 6) is -0.663. The Labute approximate surface area is 129 Å². The van der Waals surface area contributed by atoms with Gasteiger partial charge >= 0.3 is 6.09 Å². The van der Waals surface area contributed by atoms with Crippen LogP contribution in [0.3, 0.4) is 0 Å². The second-order valence-corrected chi connectivity index (χ2v) is 5.62. The summed E-state index contributed by atoms with van der Waals surface area (Å²) >= 11 is 0. The van der Waals surface area contributed by atoms with Crippen LogP contribution in [0.1, 0.15) is 26.3 Å². The van der Waals surface area contributed by atoms with Gasteiger partial charge < -0.3 is 15.2 Å². The second-order valence-electron chi connectivity index (χ2n) is 5.62. The van der Waals surface area contributed by atoms with Crippen LogP contribution in [0.2, 0.25) is 0 Å². The second kappa shape index (κ2) is 8.35. The SMILES string of the molecule is CC(C)(C)OC(=O)NC(CO)C(=O)NOCc1ccccc1. The molecule has 1 atom stereocenters. The first-order valence-corrected chi connectivity index (χ1v) is 6.88. The summed E-state index contributed by atoms with van der Waals surface area (Å²) in [6.45, 7) is 4.70. The van der Waals surface area contributed by atoms with Gasteiger partial charge in [-0.1, -0.05) is 30.3 Å². The molecule has 0 aliphatic carbocycles. The molecule has 122 valence electrons. The van der Waals surface area contributed by atoms with Crippen LogP contribution in [-0.4, -0.2) is 35.4 Å². The van der Waals surface area contributed by atoms with Gasteiger partial charge in [0.1, 0.15) is 11.6 Å². The van der Waals surface area contributed by atoms with E-state index in [0.29, 0.717) is 0 Å². The number of nitrogens with one attached hydrogen (secondary N) is 2. The van der Waals surface area contributed by atoms with Crippen LogP contribution >= 0.6 is 0 Å². The predicted octanol–water partition coefficient (Wildman–Crippen LogP) is 1.12. The largest absolute Gasteiger partial charge is 0.444 e. The number of benzene rings is 1. The number of rotatable bonds is 6. The number of hydroxylamine groups is 1. The summed E-state index contributed by atoms with van der Waals surface area (Å²) in [6, 6.07) is 8.10. The molecule has 0 aliphatic heterocycles. The normalized spacial score (nSPS) is 12.4. The molecule has 1 aromatic rings. The van der Waals surface area contributed by atoms with E-state index in [1.54, 1.807) is 20.8 Å². The molecule has 0 saturated carbocycles. The molecule has 7 nitrogen and oxygen atoms in total. The Hall–Kier alpha value is -2.12. The zero-order valence-electron chi connectivity index (χ0n) is 13.0. The summed E-state index contributed by atoms with van der Waals surface area (Å²) in [4.78, 5) is 28.4. The van der Waals surface area contributed by atoms with Crippen LogP contribution in [0.15, 0.2) is 30.3 Å². The van der Waals surface area contributed by atoms with Gasteiger partial charge in [-0.15, -0.1) is 0 Å². The molecule has 0 radical (unpaired) electrons. The minimum atomic E-state index is -1.15. The number of carbonyl (C=O) groups excluding carboxylic acids is 2. The number of hydrogen-bond donors (Lipinski definition) is 3. The Morgan fingerprint density at radius 1 is 1.23 bits per heavy atom. The van der Waals surface area contributed by atoms with E-state index in [1.807, 2.05) is 30.3 Å². The number of ether oxygens (including phenoxy) is 1. The van der Waals surface area contributed by atoms with Gasteiger partial charge in [-0.2, -0.15) is 0 Å². The maximum atomic E-state index is 11.8. The van der Waals surface area contributed by atoms with E-state index in [1.165, 1.54) is 0 Å². The molecule has 0 saturated heterocycles. The third-order valence-electron chi connectivity index (χ3n) is 2.44. The Kier molecular flexibility index (Phi) is 6.81. The van der Waals surface area contributed by atoms with E-state index in [9.17, 15) is 14.7 Å². The van der Waals surface area contributed by atoms with Crippen molar-refractivity contribution >= 4 is 12.0 Å². The molecule has 0 fully saturated rings. The summed E-state index contributed by atoms with van der Waals surface area (Å²) in [5, 5.41) is 11.4. The monoisotopic (exact) mass is 310 g/mol. The number of alkyl carbamates (subject to hydrolysis) is 1. The molecule has 0 spiro atoms. The van der Waals surface area contributed by atoms with Crippen molar-refractivity contribution < 1.29 is 24.3 Å². The van der Waals surface area contributed by atoms with Gasteiger partial charge in [-0.05, 0) is 26.3 Å². The highest BCUT2D eigenvalue weighted by atomic mass is 16.7. The number of amides is 2. The molecule has 0 bridgehead atoms. The molecular weight excluding hydrogens is 288 g/mol. The highest BCUT2D eigenvalue weighted by Gasteiger charge is 2.23. The van der Waals surface area contributed by atoms with Crippen LogP contribution < -0.4 is 10.8 Å². The first-order chi connectivity index (χ1) is 10.3. The van der Waals surface area contributed by atoms with Gasteiger partial charge in [-0.25, -0.2) is 10.3 Å². The lowest BCUT2D eigenvalue weighted by Gasteiger charge is -2.22. The topological polar surface area (TPSA) is 96.9 Å². The van der Waals surface area contributed by atoms with Crippen molar-refractivity contribution in [3.8, 4) is 0 Å². The van der Waals surface area contributed by atoms with Gasteiger partial charge in [0, 0.05) is 0 Å². The minimum Gasteiger partial charge on any atom is -0.444 e. The third kappa shape index (κ3) is 7.05. The van der Waals surface area contributed by atoms with Crippen LogP contribution in [-0.2, 0) is 21.0 Å². The molecular formula is C15H22N2O5. The maximum absolute atomic E-state index is 11.8. The average Bonchev–Trinajstić information content (AvgIpc) is 2.44. The van der Waals surface area contributed by atoms with Gasteiger partial charge in [0.25, 0.3) is 5.91 Å². The zero-order valence-corrected chi connectivity index (χ0v) is 13.0. The first kappa shape index (κ1) is 17.9. The molecule has 0 heterocycles. The molecule has 2 amide bonds. The van der Waals surface area contributed by atoms with E-state index < -0.39 is 30.3 Å². The minimum absolute atomic E-state index is 0.178. The molecule has 0 aromatic heterocycles. The van der Waals surface area contributed by atoms with E-state index >= 15 is 0 Å². The molecule has 3 N–H and O–H groups in total. The highest BCUT2D eigenvalue weighted by molar-refractivity contribution is 5.85. The van der Waals surface area contributed by atoms with E-state index in [4.69, 9.17) is 9.57 Å². The first-order valence-electron chi connectivity index (χ1n) is 6.88. The summed E-state index contributed by atoms with van der Waals surface area (Å²) in [6.07, 6.45) is -0.787. The molecule has 7 heteroatoms. The average molecular weight is 310 g/mol. The van der Waals surface area contributed by atoms with Crippen molar-refractivity contribution in [1.29, 1.82) is 0 Å². The van der Waals surface area contributed by atoms with Crippen molar-refractivity contribution in [1.82, 2.24) is 10.8 Å². The predicted molar refractivity (Wildman–Crippen MR) is 79.6 cm³/mol. The molecule has 1 unspecified atom stereocenters. The standard InChI is InChI=1S/C15H22N2O5/c1-15(2,3)22-14(20)16-12(9-18)13(19)17-21-10-11-7-5-4-6-8-11/h4-8,12,18H,9-10H2,1-3H3,(H,16,20)(H,17,19). The van der Waals surface area contributed by atoms with Crippen LogP contribution in [0.5, 0.6) is 0 Å². The lowest BCUT2D eigenvalue weighted by atomic mass is 10.2. The van der Waals surface area contributed by atoms with Gasteiger partial charge in [0.2, 0.25) is 0 Å². The fraction of sp³-hybridized carbons (Fsp3) is 0.467. The maximum Gasteiger partial charge on any atom is 0.408 e.